The van der Waals surface area contributed by atoms with Crippen molar-refractivity contribution in [2.45, 2.75) is 26.3 Å². The van der Waals surface area contributed by atoms with E-state index in [1.54, 1.807) is 45.0 Å². The van der Waals surface area contributed by atoms with Crippen LogP contribution in [0.15, 0.2) is 29.4 Å². The van der Waals surface area contributed by atoms with E-state index in [4.69, 9.17) is 10.5 Å². The number of amides is 3. The molecule has 0 fully saturated rings. The normalized spacial score (nSPS) is 11.1. The molecule has 0 aromatic heterocycles. The van der Waals surface area contributed by atoms with Gasteiger partial charge in [-0.25, -0.2) is 5.43 Å². The molecule has 8 nitrogen and oxygen atoms in total. The van der Waals surface area contributed by atoms with Gasteiger partial charge in [-0.05, 0) is 50.6 Å². The van der Waals surface area contributed by atoms with Crippen LogP contribution in [0.3, 0.4) is 0 Å². The van der Waals surface area contributed by atoms with Gasteiger partial charge in [0.2, 0.25) is 0 Å². The fourth-order valence-electron chi connectivity index (χ4n) is 1.42. The van der Waals surface area contributed by atoms with Crippen LogP contribution in [0, 0.1) is 0 Å². The molecule has 0 bridgehead atoms. The van der Waals surface area contributed by atoms with Crippen LogP contribution in [0.1, 0.15) is 26.3 Å². The van der Waals surface area contributed by atoms with Gasteiger partial charge in [0.05, 0.1) is 6.21 Å². The van der Waals surface area contributed by atoms with Crippen molar-refractivity contribution in [3.8, 4) is 5.75 Å². The fourth-order valence-corrected chi connectivity index (χ4v) is 1.42. The SMILES string of the molecule is CC(C)(C)NC(=O)C(=O)N/N=C\c1ccc(OCC(N)=O)cc1. The van der Waals surface area contributed by atoms with Crippen LogP contribution in [-0.2, 0) is 14.4 Å². The van der Waals surface area contributed by atoms with Gasteiger partial charge in [-0.1, -0.05) is 0 Å². The monoisotopic (exact) mass is 320 g/mol. The Morgan fingerprint density at radius 2 is 1.78 bits per heavy atom. The van der Waals surface area contributed by atoms with Gasteiger partial charge >= 0.3 is 11.8 Å². The Hall–Kier alpha value is -2.90. The van der Waals surface area contributed by atoms with Crippen LogP contribution < -0.4 is 21.2 Å². The van der Waals surface area contributed by atoms with Gasteiger partial charge in [0, 0.05) is 5.54 Å². The van der Waals surface area contributed by atoms with Gasteiger partial charge in [0.25, 0.3) is 5.91 Å². The Morgan fingerprint density at radius 3 is 2.30 bits per heavy atom. The molecule has 0 aliphatic rings. The van der Waals surface area contributed by atoms with Crippen LogP contribution in [0.4, 0.5) is 0 Å². The minimum Gasteiger partial charge on any atom is -0.484 e. The molecule has 0 unspecified atom stereocenters. The van der Waals surface area contributed by atoms with Crippen molar-refractivity contribution < 1.29 is 19.1 Å². The summed E-state index contributed by atoms with van der Waals surface area (Å²) in [4.78, 5) is 33.6. The summed E-state index contributed by atoms with van der Waals surface area (Å²) in [6, 6.07) is 6.58. The van der Waals surface area contributed by atoms with Gasteiger partial charge in [0.1, 0.15) is 5.75 Å². The molecular formula is C15H20N4O4. The zero-order valence-corrected chi connectivity index (χ0v) is 13.3. The first-order chi connectivity index (χ1) is 10.7. The van der Waals surface area contributed by atoms with Gasteiger partial charge in [-0.15, -0.1) is 0 Å². The van der Waals surface area contributed by atoms with Crippen molar-refractivity contribution in [2.75, 3.05) is 6.61 Å². The Balaban J connectivity index is 2.50. The van der Waals surface area contributed by atoms with Crippen LogP contribution in [0.5, 0.6) is 5.75 Å². The largest absolute Gasteiger partial charge is 0.484 e. The molecule has 3 amide bonds. The molecule has 124 valence electrons. The minimum absolute atomic E-state index is 0.202. The topological polar surface area (TPSA) is 123 Å². The molecule has 0 atom stereocenters. The summed E-state index contributed by atoms with van der Waals surface area (Å²) < 4.78 is 5.10. The summed E-state index contributed by atoms with van der Waals surface area (Å²) in [6.07, 6.45) is 1.38. The summed E-state index contributed by atoms with van der Waals surface area (Å²) in [5.41, 5.74) is 7.28. The van der Waals surface area contributed by atoms with Gasteiger partial charge in [-0.2, -0.15) is 5.10 Å². The molecule has 0 aliphatic heterocycles. The summed E-state index contributed by atoms with van der Waals surface area (Å²) in [5, 5.41) is 6.22. The average molecular weight is 320 g/mol. The maximum Gasteiger partial charge on any atom is 0.329 e. The van der Waals surface area contributed by atoms with Crippen molar-refractivity contribution in [3.63, 3.8) is 0 Å². The maximum absolute atomic E-state index is 11.5. The molecule has 0 aliphatic carbocycles. The second-order valence-electron chi connectivity index (χ2n) is 5.73. The molecule has 0 radical (unpaired) electrons. The molecule has 0 saturated heterocycles. The van der Waals surface area contributed by atoms with Crippen LogP contribution in [0.2, 0.25) is 0 Å². The number of hydrogen-bond donors (Lipinski definition) is 3. The molecule has 23 heavy (non-hydrogen) atoms. The molecule has 4 N–H and O–H groups in total. The van der Waals surface area contributed by atoms with Crippen molar-refractivity contribution in [1.82, 2.24) is 10.7 Å². The highest BCUT2D eigenvalue weighted by atomic mass is 16.5. The number of primary amides is 1. The molecule has 1 rings (SSSR count). The number of benzene rings is 1. The van der Waals surface area contributed by atoms with Crippen LogP contribution >= 0.6 is 0 Å². The Labute approximate surface area is 134 Å². The number of hydrazone groups is 1. The highest BCUT2D eigenvalue weighted by molar-refractivity contribution is 6.35. The number of nitrogens with two attached hydrogens (primary N) is 1. The number of ether oxygens (including phenoxy) is 1. The maximum atomic E-state index is 11.5. The highest BCUT2D eigenvalue weighted by Crippen LogP contribution is 2.10. The molecule has 8 heteroatoms. The van der Waals surface area contributed by atoms with Crippen molar-refractivity contribution >= 4 is 23.9 Å². The lowest BCUT2D eigenvalue weighted by molar-refractivity contribution is -0.140. The third kappa shape index (κ3) is 7.60. The number of hydrogen-bond acceptors (Lipinski definition) is 5. The van der Waals surface area contributed by atoms with Crippen molar-refractivity contribution in [3.05, 3.63) is 29.8 Å². The molecule has 0 spiro atoms. The fraction of sp³-hybridized carbons (Fsp3) is 0.333. The predicted molar refractivity (Wildman–Crippen MR) is 84.8 cm³/mol. The van der Waals surface area contributed by atoms with Gasteiger partial charge in [0.15, 0.2) is 6.61 Å². The van der Waals surface area contributed by atoms with Gasteiger partial charge < -0.3 is 15.8 Å². The predicted octanol–water partition coefficient (Wildman–Crippen LogP) is -0.0845. The number of carbonyl (C=O) groups is 3. The van der Waals surface area contributed by atoms with E-state index in [1.165, 1.54) is 6.21 Å². The van der Waals surface area contributed by atoms with E-state index in [0.29, 0.717) is 11.3 Å². The molecule has 1 aromatic rings. The molecule has 0 heterocycles. The van der Waals surface area contributed by atoms with Gasteiger partial charge in [-0.3, -0.25) is 14.4 Å². The molecular weight excluding hydrogens is 300 g/mol. The molecule has 1 aromatic carbocycles. The number of nitrogens with one attached hydrogen (secondary N) is 2. The third-order valence-electron chi connectivity index (χ3n) is 2.34. The minimum atomic E-state index is -0.849. The zero-order valence-electron chi connectivity index (χ0n) is 13.3. The Bertz CT molecular complexity index is 603. The lowest BCUT2D eigenvalue weighted by atomic mass is 10.1. The quantitative estimate of drug-likeness (QED) is 0.399. The molecule has 0 saturated carbocycles. The van der Waals surface area contributed by atoms with E-state index in [2.05, 4.69) is 15.8 Å². The Kier molecular flexibility index (Phi) is 6.25. The van der Waals surface area contributed by atoms with Crippen molar-refractivity contribution in [1.29, 1.82) is 0 Å². The second kappa shape index (κ2) is 7.92. The van der Waals surface area contributed by atoms with Crippen LogP contribution in [-0.4, -0.2) is 36.1 Å². The third-order valence-corrected chi connectivity index (χ3v) is 2.34. The second-order valence-corrected chi connectivity index (χ2v) is 5.73. The van der Waals surface area contributed by atoms with Crippen molar-refractivity contribution in [2.24, 2.45) is 10.8 Å². The first-order valence-corrected chi connectivity index (χ1v) is 6.84. The Morgan fingerprint density at radius 1 is 1.17 bits per heavy atom. The highest BCUT2D eigenvalue weighted by Gasteiger charge is 2.19. The summed E-state index contributed by atoms with van der Waals surface area (Å²) in [6.45, 7) is 5.10. The first-order valence-electron chi connectivity index (χ1n) is 6.84. The van der Waals surface area contributed by atoms with E-state index in [-0.39, 0.29) is 6.61 Å². The first kappa shape index (κ1) is 18.1. The summed E-state index contributed by atoms with van der Waals surface area (Å²) >= 11 is 0. The lowest BCUT2D eigenvalue weighted by Gasteiger charge is -2.19. The number of nitrogens with zero attached hydrogens (tertiary/aromatic N) is 1. The van der Waals surface area contributed by atoms with E-state index >= 15 is 0 Å². The number of carbonyl (C=O) groups excluding carboxylic acids is 3. The standard InChI is InChI=1S/C15H20N4O4/c1-15(2,3)18-13(21)14(22)19-17-8-10-4-6-11(7-5-10)23-9-12(16)20/h4-8H,9H2,1-3H3,(H2,16,20)(H,18,21)(H,19,22)/b17-8-. The van der Waals surface area contributed by atoms with E-state index in [9.17, 15) is 14.4 Å². The smallest absolute Gasteiger partial charge is 0.329 e. The van der Waals surface area contributed by atoms with E-state index < -0.39 is 23.3 Å². The number of rotatable bonds is 5. The zero-order chi connectivity index (χ0) is 17.5. The average Bonchev–Trinajstić information content (AvgIpc) is 2.44. The lowest BCUT2D eigenvalue weighted by Crippen LogP contribution is -2.47. The van der Waals surface area contributed by atoms with E-state index in [0.717, 1.165) is 0 Å². The summed E-state index contributed by atoms with van der Waals surface area (Å²) in [7, 11) is 0. The van der Waals surface area contributed by atoms with E-state index in [1.807, 2.05) is 0 Å². The summed E-state index contributed by atoms with van der Waals surface area (Å²) in [5.74, 6) is -1.69. The van der Waals surface area contributed by atoms with Crippen LogP contribution in [0.25, 0.3) is 0 Å².